The summed E-state index contributed by atoms with van der Waals surface area (Å²) in [4.78, 5) is 0. The second kappa shape index (κ2) is 5.36. The molecule has 0 N–H and O–H groups in total. The number of fused-ring (bicyclic) bond motifs is 3. The van der Waals surface area contributed by atoms with Gasteiger partial charge in [0.1, 0.15) is 5.69 Å². The number of rotatable bonds is 3. The number of nitrogens with zero attached hydrogens (tertiary/aromatic N) is 1. The molecule has 0 radical (unpaired) electrons. The highest BCUT2D eigenvalue weighted by Crippen LogP contribution is 2.45. The van der Waals surface area contributed by atoms with E-state index in [-0.39, 0.29) is 0 Å². The molecule has 0 amide bonds. The summed E-state index contributed by atoms with van der Waals surface area (Å²) in [5.41, 5.74) is 7.10. The average molecular weight is 300 g/mol. The van der Waals surface area contributed by atoms with Gasteiger partial charge < -0.3 is 0 Å². The van der Waals surface area contributed by atoms with Crippen molar-refractivity contribution >= 4 is 5.69 Å². The monoisotopic (exact) mass is 300 g/mol. The van der Waals surface area contributed by atoms with Crippen molar-refractivity contribution in [1.29, 1.82) is 0 Å². The first-order valence-electron chi connectivity index (χ1n) is 8.24. The molecule has 0 spiro atoms. The van der Waals surface area contributed by atoms with Gasteiger partial charge in [0.15, 0.2) is 0 Å². The summed E-state index contributed by atoms with van der Waals surface area (Å²) in [6.07, 6.45) is 0. The van der Waals surface area contributed by atoms with Gasteiger partial charge in [-0.2, -0.15) is 0 Å². The maximum atomic E-state index is 2.30. The molecule has 1 nitrogen and oxygen atoms in total. The highest BCUT2D eigenvalue weighted by atomic mass is 15.3. The van der Waals surface area contributed by atoms with Gasteiger partial charge in [0.2, 0.25) is 0 Å². The number of likely N-dealkylation sites (N-methyl/N-ethyl adjacent to an activating group) is 1. The lowest BCUT2D eigenvalue weighted by Crippen LogP contribution is -2.43. The van der Waals surface area contributed by atoms with Crippen LogP contribution in [0.15, 0.2) is 78.9 Å². The van der Waals surface area contributed by atoms with Crippen molar-refractivity contribution in [3.8, 4) is 11.1 Å². The standard InChI is InChI=1S/C22H22N/c1-23(2,17-10-4-3-5-11-17)16-22-20-14-8-6-12-18(20)19-13-7-9-15-21(19)22/h3-15,22H,16H2,1-2H3/q+1. The predicted molar refractivity (Wildman–Crippen MR) is 98.7 cm³/mol. The SMILES string of the molecule is C[N+](C)(CC1c2ccccc2-c2ccccc21)c1ccccc1. The van der Waals surface area contributed by atoms with E-state index in [1.165, 1.54) is 27.9 Å². The molecule has 0 saturated carbocycles. The van der Waals surface area contributed by atoms with Crippen molar-refractivity contribution in [3.05, 3.63) is 90.0 Å². The number of hydrogen-bond acceptors (Lipinski definition) is 0. The summed E-state index contributed by atoms with van der Waals surface area (Å²) in [6.45, 7) is 1.07. The fourth-order valence-electron chi connectivity index (χ4n) is 3.85. The zero-order chi connectivity index (χ0) is 15.9. The Morgan fingerprint density at radius 2 is 1.13 bits per heavy atom. The number of para-hydroxylation sites is 1. The van der Waals surface area contributed by atoms with Crippen molar-refractivity contribution in [2.75, 3.05) is 20.6 Å². The van der Waals surface area contributed by atoms with Crippen LogP contribution in [0, 0.1) is 0 Å². The fraction of sp³-hybridized carbons (Fsp3) is 0.182. The zero-order valence-electron chi connectivity index (χ0n) is 13.7. The van der Waals surface area contributed by atoms with Crippen LogP contribution in [-0.4, -0.2) is 20.6 Å². The quantitative estimate of drug-likeness (QED) is 0.593. The molecular formula is C22H22N+. The minimum Gasteiger partial charge on any atom is -0.295 e. The highest BCUT2D eigenvalue weighted by Gasteiger charge is 2.34. The van der Waals surface area contributed by atoms with Crippen LogP contribution in [-0.2, 0) is 0 Å². The normalized spacial score (nSPS) is 13.7. The lowest BCUT2D eigenvalue weighted by atomic mass is 9.95. The van der Waals surface area contributed by atoms with Gasteiger partial charge in [0.25, 0.3) is 0 Å². The number of hydrogen-bond donors (Lipinski definition) is 0. The minimum atomic E-state index is 0.456. The summed E-state index contributed by atoms with van der Waals surface area (Å²) in [5.74, 6) is 0.456. The van der Waals surface area contributed by atoms with Gasteiger partial charge in [-0.25, -0.2) is 0 Å². The van der Waals surface area contributed by atoms with Crippen LogP contribution in [0.5, 0.6) is 0 Å². The Morgan fingerprint density at radius 1 is 0.652 bits per heavy atom. The third kappa shape index (κ3) is 2.38. The maximum absolute atomic E-state index is 2.30. The Balaban J connectivity index is 1.78. The molecule has 0 saturated heterocycles. The summed E-state index contributed by atoms with van der Waals surface area (Å²) in [6, 6.07) is 28.6. The molecule has 3 aromatic carbocycles. The van der Waals surface area contributed by atoms with Gasteiger partial charge >= 0.3 is 0 Å². The molecule has 1 aliphatic rings. The van der Waals surface area contributed by atoms with Crippen LogP contribution >= 0.6 is 0 Å². The molecule has 0 unspecified atom stereocenters. The van der Waals surface area contributed by atoms with E-state index >= 15 is 0 Å². The molecule has 1 heteroatoms. The summed E-state index contributed by atoms with van der Waals surface area (Å²) in [7, 11) is 4.61. The van der Waals surface area contributed by atoms with Crippen LogP contribution in [0.25, 0.3) is 11.1 Å². The molecule has 3 aromatic rings. The molecule has 0 heterocycles. The first kappa shape index (κ1) is 14.2. The molecule has 114 valence electrons. The summed E-state index contributed by atoms with van der Waals surface area (Å²) < 4.78 is 0.883. The first-order valence-corrected chi connectivity index (χ1v) is 8.24. The van der Waals surface area contributed by atoms with Crippen molar-refractivity contribution in [3.63, 3.8) is 0 Å². The third-order valence-electron chi connectivity index (χ3n) is 5.06. The lowest BCUT2D eigenvalue weighted by Gasteiger charge is -2.32. The second-order valence-electron chi connectivity index (χ2n) is 6.93. The molecule has 23 heavy (non-hydrogen) atoms. The van der Waals surface area contributed by atoms with Crippen molar-refractivity contribution < 1.29 is 0 Å². The summed E-state index contributed by atoms with van der Waals surface area (Å²) in [5, 5.41) is 0. The Bertz CT molecular complexity index is 788. The molecule has 0 fully saturated rings. The summed E-state index contributed by atoms with van der Waals surface area (Å²) >= 11 is 0. The minimum absolute atomic E-state index is 0.456. The van der Waals surface area contributed by atoms with Crippen LogP contribution < -0.4 is 4.48 Å². The highest BCUT2D eigenvalue weighted by molar-refractivity contribution is 5.79. The van der Waals surface area contributed by atoms with Crippen LogP contribution in [0.4, 0.5) is 5.69 Å². The topological polar surface area (TPSA) is 0 Å². The van der Waals surface area contributed by atoms with Crippen molar-refractivity contribution in [1.82, 2.24) is 4.48 Å². The Hall–Kier alpha value is -2.38. The van der Waals surface area contributed by atoms with Gasteiger partial charge in [-0.05, 0) is 34.4 Å². The Labute approximate surface area is 138 Å². The molecule has 1 aliphatic carbocycles. The van der Waals surface area contributed by atoms with Crippen LogP contribution in [0.3, 0.4) is 0 Å². The van der Waals surface area contributed by atoms with E-state index in [0.29, 0.717) is 5.92 Å². The molecule has 0 atom stereocenters. The van der Waals surface area contributed by atoms with E-state index in [1.807, 2.05) is 0 Å². The average Bonchev–Trinajstić information content (AvgIpc) is 2.90. The van der Waals surface area contributed by atoms with E-state index in [9.17, 15) is 0 Å². The van der Waals surface area contributed by atoms with Crippen LogP contribution in [0.1, 0.15) is 17.0 Å². The van der Waals surface area contributed by atoms with Gasteiger partial charge in [0.05, 0.1) is 26.6 Å². The third-order valence-corrected chi connectivity index (χ3v) is 5.06. The van der Waals surface area contributed by atoms with Gasteiger partial charge in [-0.15, -0.1) is 0 Å². The van der Waals surface area contributed by atoms with Gasteiger partial charge in [-0.3, -0.25) is 4.48 Å². The number of benzene rings is 3. The van der Waals surface area contributed by atoms with E-state index in [1.54, 1.807) is 0 Å². The Kier molecular flexibility index (Phi) is 3.32. The lowest BCUT2D eigenvalue weighted by molar-refractivity contribution is 0.385. The second-order valence-corrected chi connectivity index (χ2v) is 6.93. The van der Waals surface area contributed by atoms with E-state index in [2.05, 4.69) is 93.0 Å². The van der Waals surface area contributed by atoms with E-state index in [4.69, 9.17) is 0 Å². The van der Waals surface area contributed by atoms with Gasteiger partial charge in [-0.1, -0.05) is 66.7 Å². The van der Waals surface area contributed by atoms with E-state index in [0.717, 1.165) is 11.0 Å². The molecule has 0 aromatic heterocycles. The van der Waals surface area contributed by atoms with Gasteiger partial charge in [0, 0.05) is 0 Å². The molecular weight excluding hydrogens is 278 g/mol. The van der Waals surface area contributed by atoms with Crippen molar-refractivity contribution in [2.45, 2.75) is 5.92 Å². The first-order chi connectivity index (χ1) is 11.2. The van der Waals surface area contributed by atoms with Crippen molar-refractivity contribution in [2.24, 2.45) is 0 Å². The molecule has 4 rings (SSSR count). The molecule has 0 aliphatic heterocycles. The predicted octanol–water partition coefficient (Wildman–Crippen LogP) is 5.07. The van der Waals surface area contributed by atoms with E-state index < -0.39 is 0 Å². The largest absolute Gasteiger partial charge is 0.295 e. The molecule has 0 bridgehead atoms. The van der Waals surface area contributed by atoms with Crippen LogP contribution in [0.2, 0.25) is 0 Å². The zero-order valence-corrected chi connectivity index (χ0v) is 13.7. The number of quaternary nitrogens is 1. The Morgan fingerprint density at radius 3 is 1.70 bits per heavy atom. The maximum Gasteiger partial charge on any atom is 0.132 e. The smallest absolute Gasteiger partial charge is 0.132 e. The fourth-order valence-corrected chi connectivity index (χ4v) is 3.85.